The van der Waals surface area contributed by atoms with Crippen molar-refractivity contribution in [2.45, 2.75) is 45.8 Å². The minimum atomic E-state index is -0.951. The summed E-state index contributed by atoms with van der Waals surface area (Å²) in [6.45, 7) is 5.91. The van der Waals surface area contributed by atoms with E-state index in [1.54, 1.807) is 12.1 Å². The van der Waals surface area contributed by atoms with Gasteiger partial charge in [0, 0.05) is 17.2 Å². The Morgan fingerprint density at radius 2 is 2.21 bits per heavy atom. The van der Waals surface area contributed by atoms with Crippen LogP contribution in [-0.2, 0) is 6.42 Å². The highest BCUT2D eigenvalue weighted by atomic mass is 16.4. The molecule has 1 aliphatic carbocycles. The van der Waals surface area contributed by atoms with Crippen LogP contribution in [0.2, 0.25) is 0 Å². The molecule has 3 N–H and O–H groups in total. The molecule has 1 aromatic rings. The van der Waals surface area contributed by atoms with E-state index in [0.717, 1.165) is 5.69 Å². The van der Waals surface area contributed by atoms with E-state index in [4.69, 9.17) is 5.11 Å². The standard InChI is InChI=1S/C14H20N2O3/c1-4-9-5-8(13(18)19)6-12(15-9)16-10-7-11(17)14(10,2)3/h5-6,10-11,17H,4,7H2,1-3H3,(H,15,16)(H,18,19). The van der Waals surface area contributed by atoms with Crippen molar-refractivity contribution in [2.24, 2.45) is 5.41 Å². The van der Waals surface area contributed by atoms with Crippen molar-refractivity contribution in [3.63, 3.8) is 0 Å². The molecule has 0 spiro atoms. The van der Waals surface area contributed by atoms with Crippen LogP contribution >= 0.6 is 0 Å². The number of pyridine rings is 1. The average Bonchev–Trinajstić information content (AvgIpc) is 2.38. The zero-order chi connectivity index (χ0) is 14.2. The molecule has 1 aromatic heterocycles. The van der Waals surface area contributed by atoms with E-state index >= 15 is 0 Å². The molecule has 2 atom stereocenters. The Hall–Kier alpha value is -1.62. The van der Waals surface area contributed by atoms with E-state index in [1.165, 1.54) is 0 Å². The molecule has 5 heteroatoms. The highest BCUT2D eigenvalue weighted by Crippen LogP contribution is 2.42. The first kappa shape index (κ1) is 13.8. The number of nitrogens with one attached hydrogen (secondary N) is 1. The molecule has 1 heterocycles. The maximum atomic E-state index is 11.1. The lowest BCUT2D eigenvalue weighted by Gasteiger charge is -2.49. The van der Waals surface area contributed by atoms with Gasteiger partial charge in [0.15, 0.2) is 0 Å². The van der Waals surface area contributed by atoms with E-state index in [2.05, 4.69) is 10.3 Å². The van der Waals surface area contributed by atoms with Gasteiger partial charge in [-0.05, 0) is 25.0 Å². The van der Waals surface area contributed by atoms with Gasteiger partial charge in [-0.3, -0.25) is 0 Å². The largest absolute Gasteiger partial charge is 0.478 e. The lowest BCUT2D eigenvalue weighted by molar-refractivity contribution is -0.0511. The minimum Gasteiger partial charge on any atom is -0.478 e. The Kier molecular flexibility index (Phi) is 3.49. The zero-order valence-electron chi connectivity index (χ0n) is 11.5. The van der Waals surface area contributed by atoms with Crippen LogP contribution in [0.15, 0.2) is 12.1 Å². The third kappa shape index (κ3) is 2.56. The smallest absolute Gasteiger partial charge is 0.335 e. The Morgan fingerprint density at radius 3 is 2.68 bits per heavy atom. The number of carboxylic acid groups (broad SMARTS) is 1. The van der Waals surface area contributed by atoms with Gasteiger partial charge in [-0.1, -0.05) is 20.8 Å². The van der Waals surface area contributed by atoms with E-state index in [1.807, 2.05) is 20.8 Å². The number of aromatic carboxylic acids is 1. The number of aromatic nitrogens is 1. The highest BCUT2D eigenvalue weighted by Gasteiger charge is 2.47. The summed E-state index contributed by atoms with van der Waals surface area (Å²) in [5.41, 5.74) is 0.778. The number of nitrogens with zero attached hydrogens (tertiary/aromatic N) is 1. The molecule has 0 saturated heterocycles. The van der Waals surface area contributed by atoms with E-state index in [0.29, 0.717) is 18.7 Å². The molecule has 0 aromatic carbocycles. The van der Waals surface area contributed by atoms with Crippen LogP contribution in [0, 0.1) is 5.41 Å². The molecule has 2 unspecified atom stereocenters. The summed E-state index contributed by atoms with van der Waals surface area (Å²) >= 11 is 0. The van der Waals surface area contributed by atoms with Crippen LogP contribution < -0.4 is 5.32 Å². The number of rotatable bonds is 4. The van der Waals surface area contributed by atoms with Gasteiger partial charge in [-0.2, -0.15) is 0 Å². The average molecular weight is 264 g/mol. The lowest BCUT2D eigenvalue weighted by atomic mass is 9.64. The van der Waals surface area contributed by atoms with Crippen LogP contribution in [0.25, 0.3) is 0 Å². The fourth-order valence-corrected chi connectivity index (χ4v) is 2.29. The van der Waals surface area contributed by atoms with Gasteiger partial charge in [0.05, 0.1) is 11.7 Å². The predicted molar refractivity (Wildman–Crippen MR) is 72.4 cm³/mol. The Balaban J connectivity index is 2.21. The second-order valence-electron chi connectivity index (χ2n) is 5.66. The summed E-state index contributed by atoms with van der Waals surface area (Å²) in [6.07, 6.45) is 1.03. The summed E-state index contributed by atoms with van der Waals surface area (Å²) in [5.74, 6) is -0.380. The van der Waals surface area contributed by atoms with Crippen molar-refractivity contribution in [1.82, 2.24) is 4.98 Å². The van der Waals surface area contributed by atoms with E-state index in [-0.39, 0.29) is 23.1 Å². The van der Waals surface area contributed by atoms with Gasteiger partial charge in [0.25, 0.3) is 0 Å². The van der Waals surface area contributed by atoms with Crippen molar-refractivity contribution in [2.75, 3.05) is 5.32 Å². The summed E-state index contributed by atoms with van der Waals surface area (Å²) in [6, 6.07) is 3.25. The molecule has 0 aliphatic heterocycles. The molecule has 0 bridgehead atoms. The molecule has 0 radical (unpaired) electrons. The first-order valence-electron chi connectivity index (χ1n) is 6.53. The van der Waals surface area contributed by atoms with Gasteiger partial charge in [0.1, 0.15) is 5.82 Å². The van der Waals surface area contributed by atoms with Crippen molar-refractivity contribution >= 4 is 11.8 Å². The molecule has 2 rings (SSSR count). The summed E-state index contributed by atoms with van der Waals surface area (Å²) < 4.78 is 0. The molecular weight excluding hydrogens is 244 g/mol. The van der Waals surface area contributed by atoms with Crippen molar-refractivity contribution < 1.29 is 15.0 Å². The van der Waals surface area contributed by atoms with Gasteiger partial charge in [0.2, 0.25) is 0 Å². The number of aliphatic hydroxyl groups excluding tert-OH is 1. The fourth-order valence-electron chi connectivity index (χ4n) is 2.29. The maximum absolute atomic E-state index is 11.1. The van der Waals surface area contributed by atoms with Crippen molar-refractivity contribution in [1.29, 1.82) is 0 Å². The van der Waals surface area contributed by atoms with Crippen LogP contribution in [0.1, 0.15) is 43.2 Å². The van der Waals surface area contributed by atoms with Crippen LogP contribution in [-0.4, -0.2) is 33.3 Å². The van der Waals surface area contributed by atoms with Crippen LogP contribution in [0.4, 0.5) is 5.82 Å². The fraction of sp³-hybridized carbons (Fsp3) is 0.571. The van der Waals surface area contributed by atoms with Crippen molar-refractivity contribution in [3.8, 4) is 0 Å². The molecule has 5 nitrogen and oxygen atoms in total. The normalized spacial score (nSPS) is 24.6. The second-order valence-corrected chi connectivity index (χ2v) is 5.66. The Morgan fingerprint density at radius 1 is 1.53 bits per heavy atom. The zero-order valence-corrected chi connectivity index (χ0v) is 11.5. The Bertz CT molecular complexity index is 499. The number of aliphatic hydroxyl groups is 1. The molecule has 1 fully saturated rings. The summed E-state index contributed by atoms with van der Waals surface area (Å²) in [4.78, 5) is 15.5. The first-order chi connectivity index (χ1) is 8.84. The number of anilines is 1. The SMILES string of the molecule is CCc1cc(C(=O)O)cc(NC2CC(O)C2(C)C)n1. The molecule has 1 saturated carbocycles. The number of carboxylic acids is 1. The molecule has 104 valence electrons. The second kappa shape index (κ2) is 4.81. The predicted octanol–water partition coefficient (Wildman–Crippen LogP) is 1.91. The van der Waals surface area contributed by atoms with Gasteiger partial charge in [-0.15, -0.1) is 0 Å². The molecule has 19 heavy (non-hydrogen) atoms. The van der Waals surface area contributed by atoms with Gasteiger partial charge < -0.3 is 15.5 Å². The lowest BCUT2D eigenvalue weighted by Crippen LogP contribution is -2.57. The summed E-state index contributed by atoms with van der Waals surface area (Å²) in [5, 5.41) is 22.0. The maximum Gasteiger partial charge on any atom is 0.335 e. The van der Waals surface area contributed by atoms with Crippen LogP contribution in [0.5, 0.6) is 0 Å². The third-order valence-corrected chi connectivity index (χ3v) is 4.03. The van der Waals surface area contributed by atoms with Gasteiger partial charge in [-0.25, -0.2) is 9.78 Å². The highest BCUT2D eigenvalue weighted by molar-refractivity contribution is 5.88. The number of carbonyl (C=O) groups is 1. The molecule has 1 aliphatic rings. The topological polar surface area (TPSA) is 82.5 Å². The number of hydrogen-bond acceptors (Lipinski definition) is 4. The Labute approximate surface area is 112 Å². The first-order valence-corrected chi connectivity index (χ1v) is 6.53. The monoisotopic (exact) mass is 264 g/mol. The number of aryl methyl sites for hydroxylation is 1. The quantitative estimate of drug-likeness (QED) is 0.774. The molecular formula is C14H20N2O3. The van der Waals surface area contributed by atoms with Gasteiger partial charge >= 0.3 is 5.97 Å². The van der Waals surface area contributed by atoms with E-state index < -0.39 is 5.97 Å². The van der Waals surface area contributed by atoms with Crippen LogP contribution in [0.3, 0.4) is 0 Å². The number of hydrogen-bond donors (Lipinski definition) is 3. The summed E-state index contributed by atoms with van der Waals surface area (Å²) in [7, 11) is 0. The third-order valence-electron chi connectivity index (χ3n) is 4.03. The van der Waals surface area contributed by atoms with E-state index in [9.17, 15) is 9.90 Å². The van der Waals surface area contributed by atoms with Crippen molar-refractivity contribution in [3.05, 3.63) is 23.4 Å². The molecule has 0 amide bonds. The minimum absolute atomic E-state index is 0.115.